The average Bonchev–Trinajstić information content (AvgIpc) is 4.08. The van der Waals surface area contributed by atoms with Gasteiger partial charge in [-0.2, -0.15) is 8.78 Å². The van der Waals surface area contributed by atoms with E-state index in [2.05, 4.69) is 25.3 Å². The second-order valence-corrected chi connectivity index (χ2v) is 19.6. The molecule has 5 aliphatic rings. The summed E-state index contributed by atoms with van der Waals surface area (Å²) in [5.74, 6) is -6.99. The molecular weight excluding hydrogens is 779 g/mol. The Morgan fingerprint density at radius 2 is 1.78 bits per heavy atom. The van der Waals surface area contributed by atoms with E-state index in [1.807, 2.05) is 6.92 Å². The number of carbonyl (C=O) groups excluding carboxylic acids is 4. The Balaban J connectivity index is 1.29. The molecule has 2 aromatic rings. The number of rotatable bonds is 8. The molecule has 4 fully saturated rings. The normalized spacial score (nSPS) is 31.3. The predicted octanol–water partition coefficient (Wildman–Crippen LogP) is 4.71. The van der Waals surface area contributed by atoms with Crippen LogP contribution in [-0.4, -0.2) is 95.8 Å². The van der Waals surface area contributed by atoms with Crippen molar-refractivity contribution in [2.24, 2.45) is 23.2 Å². The van der Waals surface area contributed by atoms with Crippen LogP contribution in [0.4, 0.5) is 13.6 Å². The minimum Gasteiger partial charge on any atom is -0.497 e. The Labute approximate surface area is 337 Å². The number of sulfonamides is 1. The standard InChI is InChI=1S/C40H54F2N6O9S/c1-7-22-19-39(22,36(51)47-58(53,54)24-13-14-24)46-33(49)30-25(8-2)29-20-48(30)35(50)32(38(3,4)5)45-37(52)57-28-17-21(28)11-9-10-16-40(41,42)31-34(56-29)44-27-18-23(55-6)12-15-26(27)43-31/h12,15,18,21-22,24-25,28-30,32H,7-11,13-14,16-17,19-20H2,1-6H3,(H,45,52)(H,46,49)(H,47,51)/t21-,22-,25-,28-,29+,30+,32-,39-/m1/s1. The number of aromatic nitrogens is 2. The first-order chi connectivity index (χ1) is 27.3. The number of benzene rings is 1. The predicted molar refractivity (Wildman–Crippen MR) is 206 cm³/mol. The number of hydrogen-bond donors (Lipinski definition) is 3. The zero-order chi connectivity index (χ0) is 41.9. The zero-order valence-corrected chi connectivity index (χ0v) is 34.6. The van der Waals surface area contributed by atoms with E-state index in [1.165, 1.54) is 18.1 Å². The molecule has 7 rings (SSSR count). The molecule has 3 heterocycles. The van der Waals surface area contributed by atoms with Crippen LogP contribution < -0.4 is 24.8 Å². The van der Waals surface area contributed by atoms with Gasteiger partial charge < -0.3 is 29.7 Å². The molecule has 3 N–H and O–H groups in total. The largest absolute Gasteiger partial charge is 0.497 e. The molecule has 1 aromatic carbocycles. The third-order valence-electron chi connectivity index (χ3n) is 12.4. The maximum Gasteiger partial charge on any atom is 0.408 e. The van der Waals surface area contributed by atoms with E-state index in [4.69, 9.17) is 14.2 Å². The van der Waals surface area contributed by atoms with Crippen LogP contribution in [0.5, 0.6) is 11.6 Å². The molecule has 2 bridgehead atoms. The lowest BCUT2D eigenvalue weighted by atomic mass is 9.85. The van der Waals surface area contributed by atoms with Gasteiger partial charge in [0.25, 0.3) is 11.8 Å². The number of nitrogens with zero attached hydrogens (tertiary/aromatic N) is 3. The third kappa shape index (κ3) is 8.26. The summed E-state index contributed by atoms with van der Waals surface area (Å²) in [5.41, 5.74) is -2.71. The fourth-order valence-corrected chi connectivity index (χ4v) is 9.95. The maximum absolute atomic E-state index is 16.3. The van der Waals surface area contributed by atoms with Crippen LogP contribution >= 0.6 is 0 Å². The van der Waals surface area contributed by atoms with Crippen LogP contribution in [0.2, 0.25) is 0 Å². The SMILES string of the molecule is CC[C@@H]1[C@@H]2CN(C(=O)[C@H](C(C)(C)C)NC(=O)O[C@@H]3C[C@H]3CCCCC(F)(F)c3nc4ccc(OC)cc4nc3O2)[C@@H]1C(=O)N[C@]1(C(=O)NS(=O)(=O)C2CC2)C[C@H]1CC. The van der Waals surface area contributed by atoms with Gasteiger partial charge in [0.15, 0.2) is 5.69 Å². The van der Waals surface area contributed by atoms with Gasteiger partial charge in [-0.15, -0.1) is 0 Å². The van der Waals surface area contributed by atoms with Crippen molar-refractivity contribution in [1.29, 1.82) is 0 Å². The second-order valence-electron chi connectivity index (χ2n) is 17.7. The van der Waals surface area contributed by atoms with Gasteiger partial charge in [-0.1, -0.05) is 47.5 Å². The fourth-order valence-electron chi connectivity index (χ4n) is 8.59. The van der Waals surface area contributed by atoms with Gasteiger partial charge in [0.1, 0.15) is 35.6 Å². The van der Waals surface area contributed by atoms with Gasteiger partial charge in [-0.3, -0.25) is 19.1 Å². The van der Waals surface area contributed by atoms with Gasteiger partial charge in [0, 0.05) is 18.4 Å². The van der Waals surface area contributed by atoms with Crippen molar-refractivity contribution in [3.8, 4) is 11.6 Å². The number of alkyl halides is 2. The number of ether oxygens (including phenoxy) is 3. The average molecular weight is 833 g/mol. The zero-order valence-electron chi connectivity index (χ0n) is 33.8. The maximum atomic E-state index is 16.3. The molecule has 1 aromatic heterocycles. The molecule has 2 aliphatic heterocycles. The molecule has 1 saturated heterocycles. The van der Waals surface area contributed by atoms with Gasteiger partial charge in [0.2, 0.25) is 27.7 Å². The lowest BCUT2D eigenvalue weighted by Gasteiger charge is -2.36. The van der Waals surface area contributed by atoms with Gasteiger partial charge in [0.05, 0.1) is 29.9 Å². The molecule has 0 spiro atoms. The fraction of sp³-hybridized carbons (Fsp3) is 0.700. The number of hydrogen-bond acceptors (Lipinski definition) is 11. The van der Waals surface area contributed by atoms with E-state index in [9.17, 15) is 27.6 Å². The summed E-state index contributed by atoms with van der Waals surface area (Å²) in [4.78, 5) is 66.8. The van der Waals surface area contributed by atoms with E-state index >= 15 is 8.78 Å². The highest BCUT2D eigenvalue weighted by molar-refractivity contribution is 7.91. The summed E-state index contributed by atoms with van der Waals surface area (Å²) < 4.78 is 78.0. The van der Waals surface area contributed by atoms with E-state index in [-0.39, 0.29) is 48.7 Å². The van der Waals surface area contributed by atoms with Gasteiger partial charge in [-0.05, 0) is 74.3 Å². The Hall–Kier alpha value is -4.35. The molecule has 3 saturated carbocycles. The van der Waals surface area contributed by atoms with Gasteiger partial charge >= 0.3 is 6.09 Å². The van der Waals surface area contributed by atoms with Crippen LogP contribution in [-0.2, 0) is 35.1 Å². The van der Waals surface area contributed by atoms with Gasteiger partial charge in [-0.25, -0.2) is 23.2 Å². The number of carbonyl (C=O) groups is 4. The summed E-state index contributed by atoms with van der Waals surface area (Å²) in [6, 6.07) is 2.13. The molecule has 3 aliphatic carbocycles. The molecule has 318 valence electrons. The summed E-state index contributed by atoms with van der Waals surface area (Å²) in [5, 5.41) is 4.91. The van der Waals surface area contributed by atoms with E-state index < -0.39 is 104 Å². The van der Waals surface area contributed by atoms with Crippen molar-refractivity contribution < 1.29 is 50.6 Å². The molecule has 4 amide bonds. The lowest BCUT2D eigenvalue weighted by Crippen LogP contribution is -2.61. The number of amides is 4. The highest BCUT2D eigenvalue weighted by Crippen LogP contribution is 2.48. The summed E-state index contributed by atoms with van der Waals surface area (Å²) in [6.45, 7) is 8.56. The highest BCUT2D eigenvalue weighted by Gasteiger charge is 2.63. The first-order valence-electron chi connectivity index (χ1n) is 20.4. The van der Waals surface area contributed by atoms with E-state index in [1.54, 1.807) is 39.8 Å². The minimum atomic E-state index is -3.95. The van der Waals surface area contributed by atoms with Crippen molar-refractivity contribution in [3.05, 3.63) is 23.9 Å². The Morgan fingerprint density at radius 3 is 2.41 bits per heavy atom. The summed E-state index contributed by atoms with van der Waals surface area (Å²) in [6.07, 6.45) is 0.564. The topological polar surface area (TPSA) is 195 Å². The highest BCUT2D eigenvalue weighted by atomic mass is 32.2. The lowest BCUT2D eigenvalue weighted by molar-refractivity contribution is -0.143. The first-order valence-corrected chi connectivity index (χ1v) is 21.9. The van der Waals surface area contributed by atoms with Crippen molar-refractivity contribution in [2.45, 2.75) is 140 Å². The monoisotopic (exact) mass is 832 g/mol. The van der Waals surface area contributed by atoms with Crippen molar-refractivity contribution in [1.82, 2.24) is 30.2 Å². The molecule has 8 atom stereocenters. The second kappa shape index (κ2) is 15.4. The minimum absolute atomic E-state index is 0.00716. The van der Waals surface area contributed by atoms with Crippen molar-refractivity contribution in [3.63, 3.8) is 0 Å². The number of alkyl carbamates (subject to hydrolysis) is 1. The molecule has 0 radical (unpaired) electrons. The smallest absolute Gasteiger partial charge is 0.408 e. The van der Waals surface area contributed by atoms with Crippen LogP contribution in [0.25, 0.3) is 11.0 Å². The Kier molecular flexibility index (Phi) is 11.1. The number of methoxy groups -OCH3 is 1. The Bertz CT molecular complexity index is 2080. The van der Waals surface area contributed by atoms with E-state index in [0.717, 1.165) is 0 Å². The van der Waals surface area contributed by atoms with Crippen molar-refractivity contribution >= 4 is 44.9 Å². The van der Waals surface area contributed by atoms with Crippen LogP contribution in [0, 0.1) is 23.2 Å². The molecule has 15 nitrogen and oxygen atoms in total. The molecular formula is C40H54F2N6O9S. The molecule has 58 heavy (non-hydrogen) atoms. The van der Waals surface area contributed by atoms with E-state index in [0.29, 0.717) is 44.3 Å². The quantitative estimate of drug-likeness (QED) is 0.334. The number of fused-ring (bicyclic) bond motifs is 5. The number of halogens is 2. The number of nitrogens with one attached hydrogen (secondary N) is 3. The Morgan fingerprint density at radius 1 is 1.03 bits per heavy atom. The third-order valence-corrected chi connectivity index (χ3v) is 14.2. The van der Waals surface area contributed by atoms with Crippen LogP contribution in [0.1, 0.15) is 105 Å². The first kappa shape index (κ1) is 41.8. The summed E-state index contributed by atoms with van der Waals surface area (Å²) in [7, 11) is -2.49. The molecule has 0 unspecified atom stereocenters. The van der Waals surface area contributed by atoms with Crippen LogP contribution in [0.15, 0.2) is 18.2 Å². The van der Waals surface area contributed by atoms with Crippen molar-refractivity contribution in [2.75, 3.05) is 13.7 Å². The molecule has 18 heteroatoms. The van der Waals surface area contributed by atoms with Crippen LogP contribution in [0.3, 0.4) is 0 Å². The summed E-state index contributed by atoms with van der Waals surface area (Å²) >= 11 is 0.